The van der Waals surface area contributed by atoms with Gasteiger partial charge < -0.3 is 10.5 Å². The van der Waals surface area contributed by atoms with Crippen molar-refractivity contribution in [3.8, 4) is 5.75 Å². The lowest BCUT2D eigenvalue weighted by Crippen LogP contribution is -2.34. The molecule has 108 valence electrons. The highest BCUT2D eigenvalue weighted by Gasteiger charge is 2.25. The van der Waals surface area contributed by atoms with Crippen molar-refractivity contribution in [2.24, 2.45) is 5.73 Å². The third-order valence-electron chi connectivity index (χ3n) is 3.64. The van der Waals surface area contributed by atoms with Gasteiger partial charge in [-0.15, -0.1) is 0 Å². The Morgan fingerprint density at radius 3 is 2.55 bits per heavy atom. The highest BCUT2D eigenvalue weighted by atomic mass is 16.5. The molecule has 1 aromatic heterocycles. The Bertz CT molecular complexity index is 577. The van der Waals surface area contributed by atoms with Crippen molar-refractivity contribution in [3.05, 3.63) is 47.3 Å². The van der Waals surface area contributed by atoms with Gasteiger partial charge in [0, 0.05) is 17.3 Å². The summed E-state index contributed by atoms with van der Waals surface area (Å²) in [4.78, 5) is 0. The molecule has 2 rings (SSSR count). The molecule has 0 fully saturated rings. The Morgan fingerprint density at radius 1 is 1.30 bits per heavy atom. The molecule has 0 aliphatic heterocycles. The summed E-state index contributed by atoms with van der Waals surface area (Å²) in [7, 11) is 1.69. The molecule has 0 amide bonds. The molecule has 2 aromatic rings. The third kappa shape index (κ3) is 2.70. The van der Waals surface area contributed by atoms with Crippen LogP contribution in [0.25, 0.3) is 0 Å². The second-order valence-corrected chi connectivity index (χ2v) is 5.13. The summed E-state index contributed by atoms with van der Waals surface area (Å²) in [6.07, 6.45) is 0.876. The molecule has 2 N–H and O–H groups in total. The van der Waals surface area contributed by atoms with Gasteiger partial charge in [0.2, 0.25) is 0 Å². The van der Waals surface area contributed by atoms with Crippen LogP contribution in [0.3, 0.4) is 0 Å². The summed E-state index contributed by atoms with van der Waals surface area (Å²) in [5, 5.41) is 4.61. The molecule has 0 radical (unpaired) electrons. The van der Waals surface area contributed by atoms with Gasteiger partial charge in [-0.25, -0.2) is 0 Å². The smallest absolute Gasteiger partial charge is 0.124 e. The van der Waals surface area contributed by atoms with Crippen molar-refractivity contribution < 1.29 is 4.74 Å². The number of nitrogens with two attached hydrogens (primary N) is 1. The summed E-state index contributed by atoms with van der Waals surface area (Å²) in [6.45, 7) is 6.16. The molecule has 0 bridgehead atoms. The van der Waals surface area contributed by atoms with Crippen LogP contribution >= 0.6 is 0 Å². The molecular weight excluding hydrogens is 250 g/mol. The van der Waals surface area contributed by atoms with Gasteiger partial charge in [-0.05, 0) is 32.4 Å². The maximum Gasteiger partial charge on any atom is 0.124 e. The molecule has 1 heterocycles. The summed E-state index contributed by atoms with van der Waals surface area (Å²) in [5.41, 5.74) is 9.56. The highest BCUT2D eigenvalue weighted by molar-refractivity contribution is 5.37. The topological polar surface area (TPSA) is 53.1 Å². The third-order valence-corrected chi connectivity index (χ3v) is 3.64. The summed E-state index contributed by atoms with van der Waals surface area (Å²) in [5.74, 6) is 0.856. The van der Waals surface area contributed by atoms with Crippen LogP contribution in [0.15, 0.2) is 30.3 Å². The van der Waals surface area contributed by atoms with Crippen LogP contribution in [0.5, 0.6) is 5.75 Å². The zero-order valence-electron chi connectivity index (χ0n) is 12.6. The van der Waals surface area contributed by atoms with E-state index in [1.54, 1.807) is 7.11 Å². The zero-order chi connectivity index (χ0) is 14.7. The first-order valence-electron chi connectivity index (χ1n) is 6.99. The second-order valence-electron chi connectivity index (χ2n) is 5.13. The number of ether oxygens (including phenoxy) is 1. The van der Waals surface area contributed by atoms with E-state index in [0.717, 1.165) is 29.1 Å². The molecule has 2 atom stereocenters. The van der Waals surface area contributed by atoms with E-state index in [4.69, 9.17) is 10.5 Å². The van der Waals surface area contributed by atoms with Gasteiger partial charge in [0.25, 0.3) is 0 Å². The number of rotatable bonds is 5. The maximum absolute atomic E-state index is 6.37. The van der Waals surface area contributed by atoms with Gasteiger partial charge in [-0.1, -0.05) is 25.1 Å². The van der Waals surface area contributed by atoms with Crippen LogP contribution in [-0.4, -0.2) is 22.9 Å². The lowest BCUT2D eigenvalue weighted by Gasteiger charge is -2.26. The fourth-order valence-electron chi connectivity index (χ4n) is 2.61. The molecule has 20 heavy (non-hydrogen) atoms. The second kappa shape index (κ2) is 6.09. The van der Waals surface area contributed by atoms with E-state index in [9.17, 15) is 0 Å². The molecule has 2 unspecified atom stereocenters. The van der Waals surface area contributed by atoms with Crippen molar-refractivity contribution in [1.29, 1.82) is 0 Å². The minimum absolute atomic E-state index is 0.00940. The van der Waals surface area contributed by atoms with Gasteiger partial charge in [-0.3, -0.25) is 4.68 Å². The van der Waals surface area contributed by atoms with Crippen LogP contribution in [0, 0.1) is 13.8 Å². The fourth-order valence-corrected chi connectivity index (χ4v) is 2.61. The average Bonchev–Trinajstić information content (AvgIpc) is 2.78. The van der Waals surface area contributed by atoms with Crippen LogP contribution in [-0.2, 0) is 0 Å². The summed E-state index contributed by atoms with van der Waals surface area (Å²) in [6, 6.07) is 10.1. The van der Waals surface area contributed by atoms with E-state index in [2.05, 4.69) is 31.1 Å². The van der Waals surface area contributed by atoms with Gasteiger partial charge in [0.05, 0.1) is 18.8 Å². The Labute approximate surface area is 120 Å². The minimum atomic E-state index is -0.00991. The number of aryl methyl sites for hydroxylation is 2. The van der Waals surface area contributed by atoms with E-state index in [1.165, 1.54) is 0 Å². The Kier molecular flexibility index (Phi) is 4.45. The predicted octanol–water partition coefficient (Wildman–Crippen LogP) is 2.84. The Balaban J connectivity index is 2.56. The zero-order valence-corrected chi connectivity index (χ0v) is 12.6. The van der Waals surface area contributed by atoms with Gasteiger partial charge in [0.15, 0.2) is 0 Å². The molecule has 1 aromatic carbocycles. The number of hydrogen-bond donors (Lipinski definition) is 1. The summed E-state index contributed by atoms with van der Waals surface area (Å²) < 4.78 is 7.51. The van der Waals surface area contributed by atoms with Crippen molar-refractivity contribution in [2.75, 3.05) is 7.11 Å². The number of para-hydroxylation sites is 1. The van der Waals surface area contributed by atoms with Crippen LogP contribution in [0.1, 0.15) is 36.3 Å². The SMILES string of the molecule is CCC(N)C(c1ccccc1OC)n1nc(C)cc1C. The first kappa shape index (κ1) is 14.6. The molecule has 0 aliphatic carbocycles. The van der Waals surface area contributed by atoms with Crippen molar-refractivity contribution in [2.45, 2.75) is 39.3 Å². The number of aromatic nitrogens is 2. The quantitative estimate of drug-likeness (QED) is 0.911. The number of nitrogens with zero attached hydrogens (tertiary/aromatic N) is 2. The Hall–Kier alpha value is -1.81. The van der Waals surface area contributed by atoms with Crippen LogP contribution in [0.4, 0.5) is 0 Å². The standard InChI is InChI=1S/C16H23N3O/c1-5-14(17)16(19-12(3)10-11(2)18-19)13-8-6-7-9-15(13)20-4/h6-10,14,16H,5,17H2,1-4H3. The number of benzene rings is 1. The predicted molar refractivity (Wildman–Crippen MR) is 81.1 cm³/mol. The highest BCUT2D eigenvalue weighted by Crippen LogP contribution is 2.31. The maximum atomic E-state index is 6.37. The van der Waals surface area contributed by atoms with E-state index in [1.807, 2.05) is 29.8 Å². The average molecular weight is 273 g/mol. The van der Waals surface area contributed by atoms with E-state index < -0.39 is 0 Å². The minimum Gasteiger partial charge on any atom is -0.496 e. The van der Waals surface area contributed by atoms with Crippen molar-refractivity contribution in [3.63, 3.8) is 0 Å². The van der Waals surface area contributed by atoms with Crippen molar-refractivity contribution in [1.82, 2.24) is 9.78 Å². The van der Waals surface area contributed by atoms with E-state index >= 15 is 0 Å². The number of methoxy groups -OCH3 is 1. The molecular formula is C16H23N3O. The molecule has 0 saturated heterocycles. The van der Waals surface area contributed by atoms with Crippen LogP contribution < -0.4 is 10.5 Å². The van der Waals surface area contributed by atoms with Crippen molar-refractivity contribution >= 4 is 0 Å². The molecule has 4 nitrogen and oxygen atoms in total. The normalized spacial score (nSPS) is 14.1. The molecule has 0 saturated carbocycles. The lowest BCUT2D eigenvalue weighted by molar-refractivity contribution is 0.373. The first-order valence-corrected chi connectivity index (χ1v) is 6.99. The largest absolute Gasteiger partial charge is 0.496 e. The van der Waals surface area contributed by atoms with Gasteiger partial charge in [-0.2, -0.15) is 5.10 Å². The Morgan fingerprint density at radius 2 is 2.00 bits per heavy atom. The first-order chi connectivity index (χ1) is 9.58. The molecule has 4 heteroatoms. The fraction of sp³-hybridized carbons (Fsp3) is 0.438. The van der Waals surface area contributed by atoms with Gasteiger partial charge in [0.1, 0.15) is 5.75 Å². The van der Waals surface area contributed by atoms with E-state index in [0.29, 0.717) is 0 Å². The molecule has 0 spiro atoms. The number of hydrogen-bond acceptors (Lipinski definition) is 3. The van der Waals surface area contributed by atoms with Crippen LogP contribution in [0.2, 0.25) is 0 Å². The van der Waals surface area contributed by atoms with E-state index in [-0.39, 0.29) is 12.1 Å². The van der Waals surface area contributed by atoms with Gasteiger partial charge >= 0.3 is 0 Å². The summed E-state index contributed by atoms with van der Waals surface area (Å²) >= 11 is 0. The monoisotopic (exact) mass is 273 g/mol. The molecule has 0 aliphatic rings. The lowest BCUT2D eigenvalue weighted by atomic mass is 9.97.